The highest BCUT2D eigenvalue weighted by atomic mass is 16.2. The van der Waals surface area contributed by atoms with Gasteiger partial charge in [-0.15, -0.1) is 6.42 Å². The molecule has 3 N–H and O–H groups in total. The Kier molecular flexibility index (Phi) is 6.71. The fourth-order valence-corrected chi connectivity index (χ4v) is 4.97. The van der Waals surface area contributed by atoms with Crippen LogP contribution in [0.1, 0.15) is 38.2 Å². The van der Waals surface area contributed by atoms with Gasteiger partial charge in [-0.1, -0.05) is 5.92 Å². The maximum Gasteiger partial charge on any atom is 0.315 e. The zero-order valence-electron chi connectivity index (χ0n) is 21.4. The molecular formula is C28H29N9O. The number of carbonyl (C=O) groups is 1. The van der Waals surface area contributed by atoms with Crippen LogP contribution in [-0.2, 0) is 7.05 Å². The van der Waals surface area contributed by atoms with Crippen molar-refractivity contribution in [2.45, 2.75) is 44.2 Å². The van der Waals surface area contributed by atoms with Crippen LogP contribution in [0.2, 0.25) is 0 Å². The molecule has 0 aromatic carbocycles. The highest BCUT2D eigenvalue weighted by molar-refractivity contribution is 5.87. The maximum atomic E-state index is 12.0. The summed E-state index contributed by atoms with van der Waals surface area (Å²) in [5.41, 5.74) is 4.66. The second kappa shape index (κ2) is 10.3. The molecule has 1 aliphatic rings. The molecule has 10 heteroatoms. The van der Waals surface area contributed by atoms with Crippen molar-refractivity contribution >= 4 is 17.4 Å². The van der Waals surface area contributed by atoms with Crippen LogP contribution in [0.3, 0.4) is 0 Å². The van der Waals surface area contributed by atoms with E-state index in [2.05, 4.69) is 50.0 Å². The Morgan fingerprint density at radius 1 is 1.16 bits per heavy atom. The first-order valence-corrected chi connectivity index (χ1v) is 12.5. The Labute approximate surface area is 221 Å². The van der Waals surface area contributed by atoms with Crippen molar-refractivity contribution < 1.29 is 4.79 Å². The number of rotatable bonds is 6. The number of amides is 2. The van der Waals surface area contributed by atoms with Crippen molar-refractivity contribution in [3.05, 3.63) is 54.7 Å². The number of terminal acetylenes is 1. The van der Waals surface area contributed by atoms with E-state index in [1.54, 1.807) is 21.6 Å². The van der Waals surface area contributed by atoms with Crippen molar-refractivity contribution in [3.63, 3.8) is 0 Å². The third-order valence-electron chi connectivity index (χ3n) is 7.05. The summed E-state index contributed by atoms with van der Waals surface area (Å²) in [7, 11) is 1.88. The van der Waals surface area contributed by atoms with Crippen molar-refractivity contribution in [3.8, 4) is 40.7 Å². The van der Waals surface area contributed by atoms with E-state index in [-0.39, 0.29) is 24.2 Å². The minimum Gasteiger partial charge on any atom is -0.367 e. The number of urea groups is 1. The second-order valence-electron chi connectivity index (χ2n) is 9.93. The van der Waals surface area contributed by atoms with Gasteiger partial charge in [-0.25, -0.2) is 14.3 Å². The van der Waals surface area contributed by atoms with Crippen LogP contribution < -0.4 is 16.0 Å². The van der Waals surface area contributed by atoms with Gasteiger partial charge < -0.3 is 16.0 Å². The molecule has 1 saturated carbocycles. The van der Waals surface area contributed by atoms with E-state index < -0.39 is 0 Å². The molecule has 4 heterocycles. The molecule has 4 aromatic heterocycles. The lowest BCUT2D eigenvalue weighted by Gasteiger charge is -2.38. The molecule has 0 atom stereocenters. The quantitative estimate of drug-likeness (QED) is 0.342. The summed E-state index contributed by atoms with van der Waals surface area (Å²) in [6.07, 6.45) is 17.8. The van der Waals surface area contributed by atoms with Crippen LogP contribution in [0.25, 0.3) is 27.8 Å². The first-order chi connectivity index (χ1) is 18.4. The molecule has 0 radical (unpaired) electrons. The molecule has 0 bridgehead atoms. The fourth-order valence-electron chi connectivity index (χ4n) is 4.97. The summed E-state index contributed by atoms with van der Waals surface area (Å²) in [4.78, 5) is 16.7. The Balaban J connectivity index is 1.31. The van der Waals surface area contributed by atoms with Crippen molar-refractivity contribution in [2.24, 2.45) is 7.05 Å². The lowest BCUT2D eigenvalue weighted by molar-refractivity contribution is 0.209. The number of nitrogens with one attached hydrogen (secondary N) is 3. The summed E-state index contributed by atoms with van der Waals surface area (Å²) in [6, 6.07) is 8.30. The molecule has 10 nitrogen and oxygen atoms in total. The molecule has 4 aromatic rings. The SMILES string of the molecule is C#CCNC(=O)NC1(C)CCC(Nc2ccc(-c3cc(-c4cnn(C)c4)cn4ncc(C#N)c34)cn2)CC1. The number of pyridine rings is 2. The van der Waals surface area contributed by atoms with Crippen LogP contribution >= 0.6 is 0 Å². The third-order valence-corrected chi connectivity index (χ3v) is 7.05. The van der Waals surface area contributed by atoms with Crippen LogP contribution in [0.5, 0.6) is 0 Å². The van der Waals surface area contributed by atoms with Crippen LogP contribution in [0.15, 0.2) is 49.2 Å². The summed E-state index contributed by atoms with van der Waals surface area (Å²) >= 11 is 0. The van der Waals surface area contributed by atoms with Gasteiger partial charge in [0.25, 0.3) is 0 Å². The topological polar surface area (TPSA) is 125 Å². The summed E-state index contributed by atoms with van der Waals surface area (Å²) in [5, 5.41) is 27.6. The highest BCUT2D eigenvalue weighted by Gasteiger charge is 2.32. The van der Waals surface area contributed by atoms with Gasteiger partial charge in [0, 0.05) is 59.5 Å². The molecule has 192 valence electrons. The molecule has 1 aliphatic carbocycles. The predicted octanol–water partition coefficient (Wildman–Crippen LogP) is 3.71. The summed E-state index contributed by atoms with van der Waals surface area (Å²) in [6.45, 7) is 2.28. The molecule has 1 fully saturated rings. The Morgan fingerprint density at radius 3 is 2.63 bits per heavy atom. The van der Waals surface area contributed by atoms with Gasteiger partial charge in [0.15, 0.2) is 0 Å². The van der Waals surface area contributed by atoms with Gasteiger partial charge in [-0.05, 0) is 50.8 Å². The first kappa shape index (κ1) is 24.8. The van der Waals surface area contributed by atoms with E-state index in [1.807, 2.05) is 43.8 Å². The molecule has 38 heavy (non-hydrogen) atoms. The van der Waals surface area contributed by atoms with Crippen LogP contribution in [0.4, 0.5) is 10.6 Å². The van der Waals surface area contributed by atoms with Crippen LogP contribution in [0, 0.1) is 23.7 Å². The predicted molar refractivity (Wildman–Crippen MR) is 145 cm³/mol. The van der Waals surface area contributed by atoms with E-state index in [4.69, 9.17) is 6.42 Å². The van der Waals surface area contributed by atoms with E-state index in [1.165, 1.54) is 0 Å². The van der Waals surface area contributed by atoms with E-state index in [0.29, 0.717) is 5.56 Å². The molecular weight excluding hydrogens is 478 g/mol. The lowest BCUT2D eigenvalue weighted by Crippen LogP contribution is -2.53. The second-order valence-corrected chi connectivity index (χ2v) is 9.93. The smallest absolute Gasteiger partial charge is 0.315 e. The van der Waals surface area contributed by atoms with E-state index in [9.17, 15) is 10.1 Å². The standard InChI is InChI=1S/C28H29N9O/c1-4-11-30-27(38)35-28(2)9-7-23(8-10-28)34-25-6-5-19(14-31-25)24-12-20(22-16-32-36(3)17-22)18-37-26(24)21(13-29)15-33-37/h1,5-6,12,14-18,23H,7-11H2,2-3H3,(H,31,34)(H2,30,35,38). The van der Waals surface area contributed by atoms with Gasteiger partial charge in [0.1, 0.15) is 11.9 Å². The zero-order valence-corrected chi connectivity index (χ0v) is 21.4. The van der Waals surface area contributed by atoms with Gasteiger partial charge >= 0.3 is 6.03 Å². The highest BCUT2D eigenvalue weighted by Crippen LogP contribution is 2.33. The molecule has 5 rings (SSSR count). The number of fused-ring (bicyclic) bond motifs is 1. The Hall–Kier alpha value is -4.83. The number of aryl methyl sites for hydroxylation is 1. The van der Waals surface area contributed by atoms with Crippen molar-refractivity contribution in [1.29, 1.82) is 5.26 Å². The van der Waals surface area contributed by atoms with Crippen molar-refractivity contribution in [1.82, 2.24) is 35.0 Å². The van der Waals surface area contributed by atoms with Gasteiger partial charge in [0.2, 0.25) is 0 Å². The first-order valence-electron chi connectivity index (χ1n) is 12.5. The van der Waals surface area contributed by atoms with E-state index in [0.717, 1.165) is 59.3 Å². The molecule has 0 unspecified atom stereocenters. The number of aromatic nitrogens is 5. The van der Waals surface area contributed by atoms with E-state index >= 15 is 0 Å². The lowest BCUT2D eigenvalue weighted by atomic mass is 9.81. The minimum absolute atomic E-state index is 0.214. The molecule has 0 spiro atoms. The average molecular weight is 508 g/mol. The molecule has 0 aliphatic heterocycles. The average Bonchev–Trinajstić information content (AvgIpc) is 3.55. The largest absolute Gasteiger partial charge is 0.367 e. The maximum absolute atomic E-state index is 12.0. The van der Waals surface area contributed by atoms with Gasteiger partial charge in [0.05, 0.1) is 30.0 Å². The number of nitriles is 1. The third kappa shape index (κ3) is 5.16. The summed E-state index contributed by atoms with van der Waals surface area (Å²) < 4.78 is 3.49. The zero-order chi connectivity index (χ0) is 26.7. The molecule has 0 saturated heterocycles. The fraction of sp³-hybridized carbons (Fsp3) is 0.321. The van der Waals surface area contributed by atoms with Crippen LogP contribution in [-0.4, -0.2) is 48.5 Å². The van der Waals surface area contributed by atoms with Gasteiger partial charge in [-0.3, -0.25) is 4.68 Å². The number of anilines is 1. The normalized spacial score (nSPS) is 18.9. The Morgan fingerprint density at radius 2 is 1.97 bits per heavy atom. The summed E-state index contributed by atoms with van der Waals surface area (Å²) in [5.74, 6) is 3.20. The van der Waals surface area contributed by atoms with Crippen molar-refractivity contribution in [2.75, 3.05) is 11.9 Å². The Bertz CT molecular complexity index is 1540. The monoisotopic (exact) mass is 507 g/mol. The van der Waals surface area contributed by atoms with Gasteiger partial charge in [-0.2, -0.15) is 15.5 Å². The minimum atomic E-state index is -0.261. The number of hydrogen-bond acceptors (Lipinski definition) is 6. The molecule has 2 amide bonds. The number of hydrogen-bond donors (Lipinski definition) is 3. The number of carbonyl (C=O) groups excluding carboxylic acids is 1. The number of nitrogens with zero attached hydrogens (tertiary/aromatic N) is 6.